The lowest BCUT2D eigenvalue weighted by atomic mass is 10.3. The van der Waals surface area contributed by atoms with Gasteiger partial charge in [-0.1, -0.05) is 6.07 Å². The van der Waals surface area contributed by atoms with Gasteiger partial charge in [0.05, 0.1) is 29.5 Å². The number of nitrogens with zero attached hydrogens (tertiary/aromatic N) is 2. The van der Waals surface area contributed by atoms with Crippen molar-refractivity contribution in [2.45, 2.75) is 18.1 Å². The topological polar surface area (TPSA) is 70.5 Å². The second kappa shape index (κ2) is 6.08. The molecule has 0 saturated carbocycles. The SMILES string of the molecule is Cc1nc(C)c(S(=O)(=O)N(CCO)c2cccc(F)c2)s1. The van der Waals surface area contributed by atoms with Crippen LogP contribution in [0.1, 0.15) is 10.7 Å². The predicted octanol–water partition coefficient (Wildman–Crippen LogP) is 2.09. The van der Waals surface area contributed by atoms with Gasteiger partial charge in [-0.2, -0.15) is 0 Å². The Morgan fingerprint density at radius 2 is 2.10 bits per heavy atom. The van der Waals surface area contributed by atoms with E-state index in [-0.39, 0.29) is 23.0 Å². The second-order valence-electron chi connectivity index (χ2n) is 4.39. The Bertz CT molecular complexity index is 744. The molecule has 2 aromatic rings. The molecule has 0 aliphatic carbocycles. The van der Waals surface area contributed by atoms with Gasteiger partial charge in [-0.3, -0.25) is 4.31 Å². The number of hydrogen-bond acceptors (Lipinski definition) is 5. The number of halogens is 1. The van der Waals surface area contributed by atoms with E-state index in [1.807, 2.05) is 0 Å². The summed E-state index contributed by atoms with van der Waals surface area (Å²) >= 11 is 1.06. The van der Waals surface area contributed by atoms with Crippen LogP contribution >= 0.6 is 11.3 Å². The van der Waals surface area contributed by atoms with E-state index in [1.165, 1.54) is 18.2 Å². The van der Waals surface area contributed by atoms with Crippen LogP contribution in [-0.2, 0) is 10.0 Å². The third kappa shape index (κ3) is 3.22. The monoisotopic (exact) mass is 330 g/mol. The largest absolute Gasteiger partial charge is 0.394 e. The Labute approximate surface area is 126 Å². The van der Waals surface area contributed by atoms with Crippen LogP contribution in [0, 0.1) is 19.7 Å². The molecule has 0 amide bonds. The summed E-state index contributed by atoms with van der Waals surface area (Å²) in [4.78, 5) is 4.11. The van der Waals surface area contributed by atoms with Gasteiger partial charge in [0.25, 0.3) is 10.0 Å². The first-order valence-electron chi connectivity index (χ1n) is 6.19. The molecule has 5 nitrogen and oxygen atoms in total. The predicted molar refractivity (Wildman–Crippen MR) is 79.6 cm³/mol. The molecule has 0 atom stereocenters. The molecule has 0 spiro atoms. The Hall–Kier alpha value is -1.51. The van der Waals surface area contributed by atoms with E-state index >= 15 is 0 Å². The summed E-state index contributed by atoms with van der Waals surface area (Å²) in [5.41, 5.74) is 0.575. The van der Waals surface area contributed by atoms with E-state index in [9.17, 15) is 12.8 Å². The summed E-state index contributed by atoms with van der Waals surface area (Å²) in [6, 6.07) is 5.26. The van der Waals surface area contributed by atoms with E-state index in [0.29, 0.717) is 10.7 Å². The van der Waals surface area contributed by atoms with Gasteiger partial charge in [0.2, 0.25) is 0 Å². The number of aliphatic hydroxyl groups is 1. The van der Waals surface area contributed by atoms with Crippen LogP contribution in [0.25, 0.3) is 0 Å². The fourth-order valence-electron chi connectivity index (χ4n) is 1.96. The Morgan fingerprint density at radius 3 is 2.62 bits per heavy atom. The summed E-state index contributed by atoms with van der Waals surface area (Å²) in [5.74, 6) is -0.539. The highest BCUT2D eigenvalue weighted by Gasteiger charge is 2.29. The van der Waals surface area contributed by atoms with Crippen molar-refractivity contribution in [3.8, 4) is 0 Å². The molecule has 0 unspecified atom stereocenters. The summed E-state index contributed by atoms with van der Waals surface area (Å²) in [6.07, 6.45) is 0. The number of benzene rings is 1. The molecule has 0 saturated heterocycles. The van der Waals surface area contributed by atoms with E-state index in [0.717, 1.165) is 21.7 Å². The van der Waals surface area contributed by atoms with Crippen molar-refractivity contribution >= 4 is 27.0 Å². The highest BCUT2D eigenvalue weighted by molar-refractivity contribution is 7.94. The average Bonchev–Trinajstić information content (AvgIpc) is 2.75. The van der Waals surface area contributed by atoms with Gasteiger partial charge in [0.15, 0.2) is 4.21 Å². The maximum absolute atomic E-state index is 13.3. The van der Waals surface area contributed by atoms with Crippen LogP contribution in [0.2, 0.25) is 0 Å². The van der Waals surface area contributed by atoms with Gasteiger partial charge in [-0.05, 0) is 32.0 Å². The van der Waals surface area contributed by atoms with Crippen LogP contribution in [0.5, 0.6) is 0 Å². The van der Waals surface area contributed by atoms with E-state index in [1.54, 1.807) is 13.8 Å². The lowest BCUT2D eigenvalue weighted by molar-refractivity contribution is 0.306. The zero-order valence-corrected chi connectivity index (χ0v) is 13.2. The van der Waals surface area contributed by atoms with Gasteiger partial charge in [0, 0.05) is 0 Å². The molecule has 2 rings (SSSR count). The van der Waals surface area contributed by atoms with Crippen LogP contribution in [-0.4, -0.2) is 31.7 Å². The number of aromatic nitrogens is 1. The maximum Gasteiger partial charge on any atom is 0.275 e. The quantitative estimate of drug-likeness (QED) is 0.911. The first-order valence-corrected chi connectivity index (χ1v) is 8.45. The lowest BCUT2D eigenvalue weighted by Crippen LogP contribution is -2.33. The van der Waals surface area contributed by atoms with Gasteiger partial charge < -0.3 is 5.11 Å². The van der Waals surface area contributed by atoms with Gasteiger partial charge >= 0.3 is 0 Å². The van der Waals surface area contributed by atoms with Crippen molar-refractivity contribution in [2.24, 2.45) is 0 Å². The molecule has 8 heteroatoms. The molecule has 1 aromatic heterocycles. The summed E-state index contributed by atoms with van der Waals surface area (Å²) in [7, 11) is -3.88. The van der Waals surface area contributed by atoms with Crippen LogP contribution in [0.3, 0.4) is 0 Å². The Balaban J connectivity index is 2.54. The number of thiazole rings is 1. The smallest absolute Gasteiger partial charge is 0.275 e. The fourth-order valence-corrected chi connectivity index (χ4v) is 4.99. The third-order valence-corrected chi connectivity index (χ3v) is 6.27. The van der Waals surface area contributed by atoms with E-state index in [4.69, 9.17) is 5.11 Å². The molecule has 1 aromatic carbocycles. The van der Waals surface area contributed by atoms with Crippen molar-refractivity contribution in [1.29, 1.82) is 0 Å². The molecular formula is C13H15FN2O3S2. The molecule has 0 fully saturated rings. The maximum atomic E-state index is 13.3. The van der Waals surface area contributed by atoms with Gasteiger partial charge in [0.1, 0.15) is 5.82 Å². The minimum atomic E-state index is -3.88. The molecule has 1 heterocycles. The van der Waals surface area contributed by atoms with Crippen molar-refractivity contribution < 1.29 is 17.9 Å². The number of hydrogen-bond donors (Lipinski definition) is 1. The summed E-state index contributed by atoms with van der Waals surface area (Å²) < 4.78 is 39.9. The van der Waals surface area contributed by atoms with Crippen molar-refractivity contribution in [3.05, 3.63) is 40.8 Å². The molecular weight excluding hydrogens is 315 g/mol. The number of aliphatic hydroxyl groups excluding tert-OH is 1. The number of sulfonamides is 1. The van der Waals surface area contributed by atoms with E-state index in [2.05, 4.69) is 4.98 Å². The first-order chi connectivity index (χ1) is 9.86. The molecule has 1 N–H and O–H groups in total. The number of anilines is 1. The highest BCUT2D eigenvalue weighted by atomic mass is 32.2. The van der Waals surface area contributed by atoms with E-state index < -0.39 is 15.8 Å². The highest BCUT2D eigenvalue weighted by Crippen LogP contribution is 2.29. The van der Waals surface area contributed by atoms with Gasteiger partial charge in [-0.25, -0.2) is 17.8 Å². The molecule has 0 aliphatic heterocycles. The average molecular weight is 330 g/mol. The standard InChI is InChI=1S/C13H15FN2O3S2/c1-9-13(20-10(2)15-9)21(18,19)16(6-7-17)12-5-3-4-11(14)8-12/h3-5,8,17H,6-7H2,1-2H3. The molecule has 0 radical (unpaired) electrons. The minimum Gasteiger partial charge on any atom is -0.394 e. The zero-order chi connectivity index (χ0) is 15.6. The number of aryl methyl sites for hydroxylation is 2. The van der Waals surface area contributed by atoms with Crippen LogP contribution in [0.4, 0.5) is 10.1 Å². The summed E-state index contributed by atoms with van der Waals surface area (Å²) in [6.45, 7) is 2.81. The molecule has 0 bridgehead atoms. The van der Waals surface area contributed by atoms with Crippen molar-refractivity contribution in [3.63, 3.8) is 0 Å². The van der Waals surface area contributed by atoms with Gasteiger partial charge in [-0.15, -0.1) is 11.3 Å². The van der Waals surface area contributed by atoms with Crippen LogP contribution < -0.4 is 4.31 Å². The minimum absolute atomic E-state index is 0.109. The Kier molecular flexibility index (Phi) is 4.60. The molecule has 114 valence electrons. The molecule has 21 heavy (non-hydrogen) atoms. The fraction of sp³-hybridized carbons (Fsp3) is 0.308. The Morgan fingerprint density at radius 1 is 1.38 bits per heavy atom. The van der Waals surface area contributed by atoms with Crippen molar-refractivity contribution in [2.75, 3.05) is 17.5 Å². The van der Waals surface area contributed by atoms with Crippen LogP contribution in [0.15, 0.2) is 28.5 Å². The summed E-state index contributed by atoms with van der Waals surface area (Å²) in [5, 5.41) is 9.77. The second-order valence-corrected chi connectivity index (χ2v) is 7.65. The lowest BCUT2D eigenvalue weighted by Gasteiger charge is -2.23. The first kappa shape index (κ1) is 15.9. The zero-order valence-electron chi connectivity index (χ0n) is 11.6. The number of rotatable bonds is 5. The third-order valence-electron chi connectivity index (χ3n) is 2.78. The van der Waals surface area contributed by atoms with Crippen molar-refractivity contribution in [1.82, 2.24) is 4.98 Å². The molecule has 0 aliphatic rings. The normalized spacial score (nSPS) is 11.6.